The van der Waals surface area contributed by atoms with Gasteiger partial charge in [-0.1, -0.05) is 25.3 Å². The lowest BCUT2D eigenvalue weighted by Crippen LogP contribution is -2.23. The molecule has 1 saturated carbocycles. The number of carboxylic acid groups (broad SMARTS) is 2. The zero-order chi connectivity index (χ0) is 22.5. The van der Waals surface area contributed by atoms with Crippen molar-refractivity contribution in [2.24, 2.45) is 10.8 Å². The first-order valence-corrected chi connectivity index (χ1v) is 11.6. The van der Waals surface area contributed by atoms with Crippen LogP contribution in [0.5, 0.6) is 0 Å². The van der Waals surface area contributed by atoms with Gasteiger partial charge in [0.05, 0.1) is 10.8 Å². The van der Waals surface area contributed by atoms with Crippen LogP contribution in [0.4, 0.5) is 0 Å². The molecule has 1 aromatic rings. The summed E-state index contributed by atoms with van der Waals surface area (Å²) in [6.07, 6.45) is 10.4. The number of carbonyl (C=O) groups is 2. The van der Waals surface area contributed by atoms with E-state index in [0.29, 0.717) is 0 Å². The molecule has 30 heavy (non-hydrogen) atoms. The predicted octanol–water partition coefficient (Wildman–Crippen LogP) is 6.40. The molecule has 0 spiro atoms. The van der Waals surface area contributed by atoms with Gasteiger partial charge in [0.2, 0.25) is 0 Å². The summed E-state index contributed by atoms with van der Waals surface area (Å²) < 4.78 is 0. The Hall–Kier alpha value is -1.84. The monoisotopic (exact) mass is 416 g/mol. The van der Waals surface area contributed by atoms with Crippen LogP contribution >= 0.6 is 0 Å². The maximum atomic E-state index is 11.3. The molecule has 1 aliphatic rings. The summed E-state index contributed by atoms with van der Waals surface area (Å²) in [6.45, 7) is 10.2. The molecule has 168 valence electrons. The van der Waals surface area contributed by atoms with Gasteiger partial charge in [0.25, 0.3) is 0 Å². The lowest BCUT2D eigenvalue weighted by molar-refractivity contribution is -0.147. The molecule has 4 heteroatoms. The van der Waals surface area contributed by atoms with Crippen LogP contribution < -0.4 is 0 Å². The molecule has 0 radical (unpaired) electrons. The maximum absolute atomic E-state index is 11.3. The van der Waals surface area contributed by atoms with Crippen molar-refractivity contribution in [3.63, 3.8) is 0 Å². The summed E-state index contributed by atoms with van der Waals surface area (Å²) in [7, 11) is 0. The van der Waals surface area contributed by atoms with Crippen LogP contribution in [0.25, 0.3) is 0 Å². The highest BCUT2D eigenvalue weighted by molar-refractivity contribution is 5.77. The molecular weight excluding hydrogens is 376 g/mol. The molecular formula is C26H40O4. The highest BCUT2D eigenvalue weighted by Gasteiger charge is 2.49. The smallest absolute Gasteiger partial charge is 0.309 e. The summed E-state index contributed by atoms with van der Waals surface area (Å²) in [5, 5.41) is 18.5. The molecule has 0 saturated heterocycles. The average Bonchev–Trinajstić information content (AvgIpc) is 3.45. The molecule has 0 unspecified atom stereocenters. The second-order valence-electron chi connectivity index (χ2n) is 10.1. The third-order valence-corrected chi connectivity index (χ3v) is 7.33. The van der Waals surface area contributed by atoms with Crippen LogP contribution in [0.2, 0.25) is 0 Å². The Bertz CT molecular complexity index is 772. The zero-order valence-corrected chi connectivity index (χ0v) is 19.6. The van der Waals surface area contributed by atoms with E-state index in [4.69, 9.17) is 0 Å². The fourth-order valence-corrected chi connectivity index (χ4v) is 4.52. The third-order valence-electron chi connectivity index (χ3n) is 7.33. The topological polar surface area (TPSA) is 74.6 Å². The number of aryl methyl sites for hydroxylation is 2. The number of benzene rings is 1. The molecule has 0 heterocycles. The molecule has 1 aromatic carbocycles. The van der Waals surface area contributed by atoms with Gasteiger partial charge in [-0.15, -0.1) is 0 Å². The molecule has 0 amide bonds. The Balaban J connectivity index is 1.83. The first-order valence-electron chi connectivity index (χ1n) is 11.6. The van der Waals surface area contributed by atoms with E-state index in [2.05, 4.69) is 26.8 Å². The summed E-state index contributed by atoms with van der Waals surface area (Å²) in [6, 6.07) is 2.33. The van der Waals surface area contributed by atoms with Crippen molar-refractivity contribution >= 4 is 11.9 Å². The van der Waals surface area contributed by atoms with Crippen LogP contribution in [0.15, 0.2) is 6.07 Å². The zero-order valence-electron chi connectivity index (χ0n) is 19.6. The quantitative estimate of drug-likeness (QED) is 0.365. The first-order chi connectivity index (χ1) is 14.0. The number of hydrogen-bond acceptors (Lipinski definition) is 2. The third kappa shape index (κ3) is 6.09. The van der Waals surface area contributed by atoms with Crippen LogP contribution in [-0.4, -0.2) is 22.2 Å². The lowest BCUT2D eigenvalue weighted by Gasteiger charge is -2.19. The van der Waals surface area contributed by atoms with Crippen LogP contribution in [0, 0.1) is 31.6 Å². The fourth-order valence-electron chi connectivity index (χ4n) is 4.52. The van der Waals surface area contributed by atoms with Gasteiger partial charge >= 0.3 is 11.9 Å². The van der Waals surface area contributed by atoms with E-state index < -0.39 is 22.8 Å². The number of hydrogen-bond donors (Lipinski definition) is 2. The number of carboxylic acids is 2. The van der Waals surface area contributed by atoms with E-state index in [9.17, 15) is 19.8 Å². The van der Waals surface area contributed by atoms with Crippen molar-refractivity contribution in [1.82, 2.24) is 0 Å². The van der Waals surface area contributed by atoms with E-state index in [1.165, 1.54) is 27.8 Å². The largest absolute Gasteiger partial charge is 0.481 e. The minimum atomic E-state index is -0.713. The van der Waals surface area contributed by atoms with Crippen molar-refractivity contribution in [1.29, 1.82) is 0 Å². The lowest BCUT2D eigenvalue weighted by atomic mass is 9.86. The van der Waals surface area contributed by atoms with Crippen LogP contribution in [0.1, 0.15) is 99.5 Å². The molecule has 4 nitrogen and oxygen atoms in total. The Morgan fingerprint density at radius 3 is 2.13 bits per heavy atom. The average molecular weight is 417 g/mol. The Kier molecular flexibility index (Phi) is 8.13. The van der Waals surface area contributed by atoms with Crippen LogP contribution in [0.3, 0.4) is 0 Å². The number of aliphatic carboxylic acids is 2. The summed E-state index contributed by atoms with van der Waals surface area (Å²) in [5.41, 5.74) is 5.92. The molecule has 0 aromatic heterocycles. The maximum Gasteiger partial charge on any atom is 0.309 e. The predicted molar refractivity (Wildman–Crippen MR) is 121 cm³/mol. The van der Waals surface area contributed by atoms with Gasteiger partial charge < -0.3 is 10.2 Å². The highest BCUT2D eigenvalue weighted by atomic mass is 16.4. The van der Waals surface area contributed by atoms with Gasteiger partial charge in [-0.05, 0) is 114 Å². The standard InChI is InChI=1S/C26H40O4/c1-18-17-21(11-7-6-9-13-25(4,5)23(27)28)19(2)20(3)22(18)12-8-10-14-26(15-16-26)24(29)30/h17H,6-16H2,1-5H3,(H,27,28)(H,29,30). The molecule has 0 atom stereocenters. The summed E-state index contributed by atoms with van der Waals surface area (Å²) in [5.74, 6) is -1.32. The minimum Gasteiger partial charge on any atom is -0.481 e. The molecule has 1 fully saturated rings. The molecule has 0 aliphatic heterocycles. The van der Waals surface area contributed by atoms with Crippen molar-refractivity contribution in [3.8, 4) is 0 Å². The first kappa shape index (κ1) is 24.4. The molecule has 0 bridgehead atoms. The van der Waals surface area contributed by atoms with Crippen molar-refractivity contribution < 1.29 is 19.8 Å². The molecule has 1 aliphatic carbocycles. The van der Waals surface area contributed by atoms with Gasteiger partial charge in [-0.2, -0.15) is 0 Å². The van der Waals surface area contributed by atoms with Gasteiger partial charge in [-0.3, -0.25) is 9.59 Å². The van der Waals surface area contributed by atoms with E-state index in [1.54, 1.807) is 13.8 Å². The van der Waals surface area contributed by atoms with Crippen molar-refractivity contribution in [2.75, 3.05) is 0 Å². The number of unbranched alkanes of at least 4 members (excludes halogenated alkanes) is 3. The minimum absolute atomic E-state index is 0.399. The van der Waals surface area contributed by atoms with E-state index >= 15 is 0 Å². The van der Waals surface area contributed by atoms with Gasteiger partial charge in [-0.25, -0.2) is 0 Å². The van der Waals surface area contributed by atoms with E-state index in [1.807, 2.05) is 0 Å². The Morgan fingerprint density at radius 1 is 0.933 bits per heavy atom. The molecule has 2 N–H and O–H groups in total. The summed E-state index contributed by atoms with van der Waals surface area (Å²) >= 11 is 0. The second-order valence-corrected chi connectivity index (χ2v) is 10.1. The second kappa shape index (κ2) is 9.98. The van der Waals surface area contributed by atoms with Crippen molar-refractivity contribution in [2.45, 2.75) is 105 Å². The van der Waals surface area contributed by atoms with Gasteiger partial charge in [0.15, 0.2) is 0 Å². The fraction of sp³-hybridized carbons (Fsp3) is 0.692. The van der Waals surface area contributed by atoms with E-state index in [-0.39, 0.29) is 0 Å². The number of rotatable bonds is 13. The normalized spacial score (nSPS) is 15.2. The van der Waals surface area contributed by atoms with Gasteiger partial charge in [0, 0.05) is 0 Å². The summed E-state index contributed by atoms with van der Waals surface area (Å²) in [4.78, 5) is 22.5. The SMILES string of the molecule is Cc1cc(CCCCCC(C)(C)C(=O)O)c(C)c(C)c1CCCCC1(C(=O)O)CC1. The Labute approximate surface area is 182 Å². The highest BCUT2D eigenvalue weighted by Crippen LogP contribution is 2.50. The van der Waals surface area contributed by atoms with Gasteiger partial charge in [0.1, 0.15) is 0 Å². The van der Waals surface area contributed by atoms with Crippen molar-refractivity contribution in [3.05, 3.63) is 33.9 Å². The molecule has 2 rings (SSSR count). The Morgan fingerprint density at radius 2 is 1.57 bits per heavy atom. The van der Waals surface area contributed by atoms with E-state index in [0.717, 1.165) is 70.6 Å². The van der Waals surface area contributed by atoms with Crippen LogP contribution in [-0.2, 0) is 22.4 Å².